The molecular formula is C6H12N4O. The Morgan fingerprint density at radius 3 is 2.73 bits per heavy atom. The maximum Gasteiger partial charge on any atom is 0.345 e. The summed E-state index contributed by atoms with van der Waals surface area (Å²) in [5.74, 6) is 0. The van der Waals surface area contributed by atoms with Gasteiger partial charge in [-0.1, -0.05) is 0 Å². The summed E-state index contributed by atoms with van der Waals surface area (Å²) < 4.78 is 0. The van der Waals surface area contributed by atoms with Crippen molar-refractivity contribution in [3.8, 4) is 0 Å². The molecule has 0 aromatic carbocycles. The second-order valence-electron chi connectivity index (χ2n) is 2.30. The fourth-order valence-electron chi connectivity index (χ4n) is 1.00. The van der Waals surface area contributed by atoms with Crippen molar-refractivity contribution in [3.63, 3.8) is 0 Å². The van der Waals surface area contributed by atoms with Gasteiger partial charge in [0.15, 0.2) is 0 Å². The SMILES string of the molecule is NC=NC(=O)N1CCNCC1. The Kier molecular flexibility index (Phi) is 2.85. The number of nitrogens with zero attached hydrogens (tertiary/aromatic N) is 2. The molecule has 0 radical (unpaired) electrons. The van der Waals surface area contributed by atoms with Crippen LogP contribution < -0.4 is 11.1 Å². The Morgan fingerprint density at radius 2 is 2.18 bits per heavy atom. The lowest BCUT2D eigenvalue weighted by atomic mass is 10.4. The summed E-state index contributed by atoms with van der Waals surface area (Å²) in [4.78, 5) is 16.1. The van der Waals surface area contributed by atoms with Crippen molar-refractivity contribution in [3.05, 3.63) is 0 Å². The van der Waals surface area contributed by atoms with Gasteiger partial charge in [0.05, 0.1) is 6.34 Å². The van der Waals surface area contributed by atoms with Gasteiger partial charge in [0, 0.05) is 26.2 Å². The second-order valence-corrected chi connectivity index (χ2v) is 2.30. The Bertz CT molecular complexity index is 162. The summed E-state index contributed by atoms with van der Waals surface area (Å²) in [5, 5.41) is 3.13. The van der Waals surface area contributed by atoms with E-state index < -0.39 is 0 Å². The number of nitrogens with two attached hydrogens (primary N) is 1. The number of hydrogen-bond donors (Lipinski definition) is 2. The molecule has 0 spiro atoms. The fraction of sp³-hybridized carbons (Fsp3) is 0.667. The number of carbonyl (C=O) groups is 1. The van der Waals surface area contributed by atoms with Crippen molar-refractivity contribution in [2.75, 3.05) is 26.2 Å². The Labute approximate surface area is 65.3 Å². The van der Waals surface area contributed by atoms with Crippen molar-refractivity contribution in [1.82, 2.24) is 10.2 Å². The molecule has 3 N–H and O–H groups in total. The lowest BCUT2D eigenvalue weighted by Crippen LogP contribution is -2.45. The molecule has 5 heteroatoms. The molecule has 1 saturated heterocycles. The molecule has 0 bridgehead atoms. The van der Waals surface area contributed by atoms with Crippen LogP contribution in [0, 0.1) is 0 Å². The number of piperazine rings is 1. The topological polar surface area (TPSA) is 70.7 Å². The highest BCUT2D eigenvalue weighted by Crippen LogP contribution is 1.94. The third-order valence-electron chi connectivity index (χ3n) is 1.57. The van der Waals surface area contributed by atoms with E-state index >= 15 is 0 Å². The van der Waals surface area contributed by atoms with E-state index in [9.17, 15) is 4.79 Å². The fourth-order valence-corrected chi connectivity index (χ4v) is 1.00. The van der Waals surface area contributed by atoms with Crippen LogP contribution >= 0.6 is 0 Å². The second kappa shape index (κ2) is 3.92. The van der Waals surface area contributed by atoms with Gasteiger partial charge in [0.2, 0.25) is 0 Å². The molecule has 0 atom stereocenters. The van der Waals surface area contributed by atoms with E-state index in [-0.39, 0.29) is 6.03 Å². The van der Waals surface area contributed by atoms with Crippen LogP contribution in [0.2, 0.25) is 0 Å². The minimum absolute atomic E-state index is 0.242. The average molecular weight is 156 g/mol. The molecule has 5 nitrogen and oxygen atoms in total. The van der Waals surface area contributed by atoms with Crippen LogP contribution in [0.25, 0.3) is 0 Å². The summed E-state index contributed by atoms with van der Waals surface area (Å²) in [7, 11) is 0. The van der Waals surface area contributed by atoms with Gasteiger partial charge in [-0.3, -0.25) is 0 Å². The van der Waals surface area contributed by atoms with E-state index in [1.54, 1.807) is 4.90 Å². The number of carbonyl (C=O) groups excluding carboxylic acids is 1. The Hall–Kier alpha value is -1.10. The van der Waals surface area contributed by atoms with Crippen LogP contribution in [-0.4, -0.2) is 43.4 Å². The molecule has 0 saturated carbocycles. The smallest absolute Gasteiger partial charge is 0.345 e. The zero-order valence-corrected chi connectivity index (χ0v) is 6.29. The third-order valence-corrected chi connectivity index (χ3v) is 1.57. The predicted octanol–water partition coefficient (Wildman–Crippen LogP) is -1.00. The molecule has 0 aromatic heterocycles. The third kappa shape index (κ3) is 2.19. The first-order valence-corrected chi connectivity index (χ1v) is 3.58. The number of urea groups is 1. The van der Waals surface area contributed by atoms with Crippen molar-refractivity contribution in [2.24, 2.45) is 10.7 Å². The first-order chi connectivity index (χ1) is 5.34. The van der Waals surface area contributed by atoms with Gasteiger partial charge < -0.3 is 16.0 Å². The summed E-state index contributed by atoms with van der Waals surface area (Å²) in [5.41, 5.74) is 4.98. The zero-order chi connectivity index (χ0) is 8.10. The summed E-state index contributed by atoms with van der Waals surface area (Å²) in [6.45, 7) is 3.12. The Morgan fingerprint density at radius 1 is 1.55 bits per heavy atom. The van der Waals surface area contributed by atoms with Crippen molar-refractivity contribution in [2.45, 2.75) is 0 Å². The quantitative estimate of drug-likeness (QED) is 0.349. The van der Waals surface area contributed by atoms with Crippen molar-refractivity contribution < 1.29 is 4.79 Å². The van der Waals surface area contributed by atoms with Crippen LogP contribution in [0.5, 0.6) is 0 Å². The largest absolute Gasteiger partial charge is 0.390 e. The van der Waals surface area contributed by atoms with Gasteiger partial charge in [-0.2, -0.15) is 4.99 Å². The number of aliphatic imine (C=N–C) groups is 1. The van der Waals surface area contributed by atoms with E-state index in [4.69, 9.17) is 5.73 Å². The highest BCUT2D eigenvalue weighted by Gasteiger charge is 2.13. The molecule has 0 unspecified atom stereocenters. The van der Waals surface area contributed by atoms with Gasteiger partial charge in [-0.25, -0.2) is 4.79 Å². The number of rotatable bonds is 0. The van der Waals surface area contributed by atoms with E-state index in [1.165, 1.54) is 0 Å². The van der Waals surface area contributed by atoms with Crippen molar-refractivity contribution in [1.29, 1.82) is 0 Å². The molecule has 11 heavy (non-hydrogen) atoms. The summed E-state index contributed by atoms with van der Waals surface area (Å²) in [6, 6.07) is -0.242. The van der Waals surface area contributed by atoms with Crippen LogP contribution in [0.1, 0.15) is 0 Å². The van der Waals surface area contributed by atoms with Gasteiger partial charge in [0.1, 0.15) is 0 Å². The van der Waals surface area contributed by atoms with Gasteiger partial charge in [-0.05, 0) is 0 Å². The van der Waals surface area contributed by atoms with Crippen LogP contribution in [-0.2, 0) is 0 Å². The maximum absolute atomic E-state index is 11.0. The molecule has 1 heterocycles. The first-order valence-electron chi connectivity index (χ1n) is 3.58. The maximum atomic E-state index is 11.0. The molecule has 1 fully saturated rings. The lowest BCUT2D eigenvalue weighted by Gasteiger charge is -2.25. The van der Waals surface area contributed by atoms with Gasteiger partial charge >= 0.3 is 6.03 Å². The monoisotopic (exact) mass is 156 g/mol. The van der Waals surface area contributed by atoms with E-state index in [0.717, 1.165) is 32.5 Å². The van der Waals surface area contributed by atoms with E-state index in [0.29, 0.717) is 0 Å². The summed E-state index contributed by atoms with van der Waals surface area (Å²) in [6.07, 6.45) is 1.03. The Balaban J connectivity index is 2.38. The molecule has 0 aliphatic carbocycles. The number of nitrogens with one attached hydrogen (secondary N) is 1. The lowest BCUT2D eigenvalue weighted by molar-refractivity contribution is 0.200. The van der Waals surface area contributed by atoms with Crippen molar-refractivity contribution >= 4 is 12.4 Å². The number of hydrogen-bond acceptors (Lipinski definition) is 2. The molecule has 2 amide bonds. The van der Waals surface area contributed by atoms with E-state index in [1.807, 2.05) is 0 Å². The molecule has 0 aromatic rings. The normalized spacial score (nSPS) is 19.1. The predicted molar refractivity (Wildman–Crippen MR) is 42.5 cm³/mol. The van der Waals surface area contributed by atoms with Crippen LogP contribution in [0.4, 0.5) is 4.79 Å². The van der Waals surface area contributed by atoms with Gasteiger partial charge in [0.25, 0.3) is 0 Å². The van der Waals surface area contributed by atoms with E-state index in [2.05, 4.69) is 10.3 Å². The van der Waals surface area contributed by atoms with Crippen LogP contribution in [0.15, 0.2) is 4.99 Å². The highest BCUT2D eigenvalue weighted by molar-refractivity contribution is 5.82. The number of amides is 2. The van der Waals surface area contributed by atoms with Crippen LogP contribution in [0.3, 0.4) is 0 Å². The molecule has 1 aliphatic rings. The highest BCUT2D eigenvalue weighted by atomic mass is 16.2. The molecule has 1 aliphatic heterocycles. The van der Waals surface area contributed by atoms with Gasteiger partial charge in [-0.15, -0.1) is 0 Å². The average Bonchev–Trinajstić information content (AvgIpc) is 2.07. The first kappa shape index (κ1) is 8.00. The summed E-state index contributed by atoms with van der Waals surface area (Å²) >= 11 is 0. The molecule has 62 valence electrons. The molecule has 1 rings (SSSR count). The zero-order valence-electron chi connectivity index (χ0n) is 6.29. The minimum atomic E-state index is -0.242. The standard InChI is InChI=1S/C6H12N4O/c7-5-9-6(11)10-3-1-8-2-4-10/h5,8H,1-4H2,(H2,7,9,11). The minimum Gasteiger partial charge on any atom is -0.390 e. The molecular weight excluding hydrogens is 144 g/mol.